The predicted octanol–water partition coefficient (Wildman–Crippen LogP) is 2.72. The van der Waals surface area contributed by atoms with Crippen LogP contribution in [0.25, 0.3) is 16.7 Å². The van der Waals surface area contributed by atoms with Gasteiger partial charge in [-0.05, 0) is 45.9 Å². The first kappa shape index (κ1) is 18.6. The van der Waals surface area contributed by atoms with Gasteiger partial charge in [-0.25, -0.2) is 14.5 Å². The molecule has 2 aromatic heterocycles. The zero-order valence-corrected chi connectivity index (χ0v) is 15.8. The predicted molar refractivity (Wildman–Crippen MR) is 102 cm³/mol. The molecule has 3 rings (SSSR count). The van der Waals surface area contributed by atoms with Gasteiger partial charge in [-0.3, -0.25) is 4.79 Å². The number of carbonyl (C=O) groups excluding carboxylic acids is 2. The summed E-state index contributed by atoms with van der Waals surface area (Å²) in [5.41, 5.74) is 3.28. The number of rotatable bonds is 5. The Kier molecular flexibility index (Phi) is 5.21. The van der Waals surface area contributed by atoms with Crippen LogP contribution in [0, 0.1) is 13.8 Å². The first-order valence-electron chi connectivity index (χ1n) is 8.82. The maximum Gasteiger partial charge on any atom is 0.328 e. The Morgan fingerprint density at radius 3 is 2.59 bits per heavy atom. The van der Waals surface area contributed by atoms with Crippen molar-refractivity contribution in [1.82, 2.24) is 20.1 Å². The third kappa shape index (κ3) is 3.67. The number of aromatic nitrogens is 3. The van der Waals surface area contributed by atoms with Crippen LogP contribution in [-0.4, -0.2) is 39.3 Å². The maximum atomic E-state index is 12.8. The van der Waals surface area contributed by atoms with Gasteiger partial charge in [-0.1, -0.05) is 18.2 Å². The molecule has 3 aromatic rings. The maximum absolute atomic E-state index is 12.8. The minimum Gasteiger partial charge on any atom is -0.464 e. The number of esters is 1. The van der Waals surface area contributed by atoms with Crippen LogP contribution in [-0.2, 0) is 9.53 Å². The van der Waals surface area contributed by atoms with Crippen LogP contribution in [0.5, 0.6) is 0 Å². The van der Waals surface area contributed by atoms with Crippen molar-refractivity contribution in [3.8, 4) is 5.69 Å². The number of nitrogens with zero attached hydrogens (tertiary/aromatic N) is 3. The number of hydrogen-bond donors (Lipinski definition) is 1. The largest absolute Gasteiger partial charge is 0.464 e. The molecule has 7 nitrogen and oxygen atoms in total. The lowest BCUT2D eigenvalue weighted by molar-refractivity contribution is -0.144. The highest BCUT2D eigenvalue weighted by Gasteiger charge is 2.23. The van der Waals surface area contributed by atoms with Gasteiger partial charge in [0.15, 0.2) is 5.65 Å². The van der Waals surface area contributed by atoms with E-state index in [9.17, 15) is 9.59 Å². The quantitative estimate of drug-likeness (QED) is 0.702. The topological polar surface area (TPSA) is 86.1 Å². The summed E-state index contributed by atoms with van der Waals surface area (Å²) in [4.78, 5) is 29.3. The third-order valence-corrected chi connectivity index (χ3v) is 4.17. The van der Waals surface area contributed by atoms with Gasteiger partial charge in [0.25, 0.3) is 5.91 Å². The van der Waals surface area contributed by atoms with Crippen LogP contribution in [0.1, 0.15) is 35.6 Å². The average molecular weight is 366 g/mol. The van der Waals surface area contributed by atoms with Gasteiger partial charge in [0, 0.05) is 5.69 Å². The van der Waals surface area contributed by atoms with Crippen LogP contribution in [0.2, 0.25) is 0 Å². The number of aryl methyl sites for hydroxylation is 2. The molecule has 27 heavy (non-hydrogen) atoms. The Hall–Kier alpha value is -3.22. The molecule has 0 aliphatic rings. The van der Waals surface area contributed by atoms with Gasteiger partial charge >= 0.3 is 5.97 Å². The Labute approximate surface area is 157 Å². The van der Waals surface area contributed by atoms with E-state index in [-0.39, 0.29) is 12.5 Å². The second kappa shape index (κ2) is 7.57. The smallest absolute Gasteiger partial charge is 0.328 e. The summed E-state index contributed by atoms with van der Waals surface area (Å²) in [6.45, 7) is 7.25. The van der Waals surface area contributed by atoms with E-state index in [1.165, 1.54) is 0 Å². The summed E-state index contributed by atoms with van der Waals surface area (Å²) in [6.07, 6.45) is 0. The van der Waals surface area contributed by atoms with E-state index in [2.05, 4.69) is 15.4 Å². The molecule has 0 radical (unpaired) electrons. The number of benzene rings is 1. The molecular weight excluding hydrogens is 344 g/mol. The van der Waals surface area contributed by atoms with Gasteiger partial charge in [-0.15, -0.1) is 0 Å². The first-order chi connectivity index (χ1) is 12.9. The average Bonchev–Trinajstić information content (AvgIpc) is 2.98. The second-order valence-electron chi connectivity index (χ2n) is 6.29. The standard InChI is InChI=1S/C20H22N4O3/c1-5-27-20(26)14(4)22-19(25)16-11-12(2)21-18-17(16)13(3)23-24(18)15-9-7-6-8-10-15/h6-11,14H,5H2,1-4H3,(H,22,25)/t14-/m1/s1. The van der Waals surface area contributed by atoms with Gasteiger partial charge in [0.05, 0.1) is 28.9 Å². The summed E-state index contributed by atoms with van der Waals surface area (Å²) in [7, 11) is 0. The Bertz CT molecular complexity index is 995. The van der Waals surface area contributed by atoms with Crippen molar-refractivity contribution in [3.05, 3.63) is 53.3 Å². The Morgan fingerprint density at radius 2 is 1.93 bits per heavy atom. The summed E-state index contributed by atoms with van der Waals surface area (Å²) >= 11 is 0. The molecule has 140 valence electrons. The van der Waals surface area contributed by atoms with E-state index in [0.29, 0.717) is 28.0 Å². The fourth-order valence-corrected chi connectivity index (χ4v) is 2.94. The minimum absolute atomic E-state index is 0.264. The highest BCUT2D eigenvalue weighted by atomic mass is 16.5. The van der Waals surface area contributed by atoms with E-state index in [4.69, 9.17) is 4.74 Å². The van der Waals surface area contributed by atoms with Gasteiger partial charge in [0.2, 0.25) is 0 Å². The van der Waals surface area contributed by atoms with Gasteiger partial charge in [-0.2, -0.15) is 5.10 Å². The molecular formula is C20H22N4O3. The number of hydrogen-bond acceptors (Lipinski definition) is 5. The van der Waals surface area contributed by atoms with Crippen LogP contribution in [0.15, 0.2) is 36.4 Å². The van der Waals surface area contributed by atoms with Gasteiger partial charge in [0.1, 0.15) is 6.04 Å². The van der Waals surface area contributed by atoms with Crippen LogP contribution in [0.4, 0.5) is 0 Å². The van der Waals surface area contributed by atoms with Crippen LogP contribution >= 0.6 is 0 Å². The normalized spacial score (nSPS) is 12.0. The zero-order valence-electron chi connectivity index (χ0n) is 15.8. The number of nitrogens with one attached hydrogen (secondary N) is 1. The summed E-state index contributed by atoms with van der Waals surface area (Å²) in [6, 6.07) is 10.6. The number of ether oxygens (including phenoxy) is 1. The number of fused-ring (bicyclic) bond motifs is 1. The number of pyridine rings is 1. The highest BCUT2D eigenvalue weighted by Crippen LogP contribution is 2.24. The van der Waals surface area contributed by atoms with E-state index in [1.54, 1.807) is 24.6 Å². The van der Waals surface area contributed by atoms with Crippen molar-refractivity contribution < 1.29 is 14.3 Å². The highest BCUT2D eigenvalue weighted by molar-refractivity contribution is 6.07. The molecule has 2 heterocycles. The molecule has 1 amide bonds. The monoisotopic (exact) mass is 366 g/mol. The molecule has 1 atom stereocenters. The molecule has 0 spiro atoms. The molecule has 7 heteroatoms. The lowest BCUT2D eigenvalue weighted by atomic mass is 10.1. The molecule has 0 unspecified atom stereocenters. The summed E-state index contributed by atoms with van der Waals surface area (Å²) in [5, 5.41) is 7.93. The Balaban J connectivity index is 2.05. The molecule has 0 aliphatic carbocycles. The van der Waals surface area contributed by atoms with Crippen molar-refractivity contribution in [3.63, 3.8) is 0 Å². The molecule has 1 aromatic carbocycles. The molecule has 0 aliphatic heterocycles. The van der Waals surface area contributed by atoms with Crippen molar-refractivity contribution >= 4 is 22.9 Å². The lowest BCUT2D eigenvalue weighted by Gasteiger charge is -2.13. The van der Waals surface area contributed by atoms with E-state index in [1.807, 2.05) is 44.2 Å². The summed E-state index contributed by atoms with van der Waals surface area (Å²) < 4.78 is 6.68. The minimum atomic E-state index is -0.745. The van der Waals surface area contributed by atoms with Crippen molar-refractivity contribution in [1.29, 1.82) is 0 Å². The summed E-state index contributed by atoms with van der Waals surface area (Å²) in [5.74, 6) is -0.827. The van der Waals surface area contributed by atoms with E-state index < -0.39 is 12.0 Å². The molecule has 0 fully saturated rings. The SMILES string of the molecule is CCOC(=O)[C@@H](C)NC(=O)c1cc(C)nc2c1c(C)nn2-c1ccccc1. The third-order valence-electron chi connectivity index (χ3n) is 4.17. The van der Waals surface area contributed by atoms with E-state index >= 15 is 0 Å². The first-order valence-corrected chi connectivity index (χ1v) is 8.82. The van der Waals surface area contributed by atoms with Crippen LogP contribution < -0.4 is 5.32 Å². The molecule has 1 N–H and O–H groups in total. The lowest BCUT2D eigenvalue weighted by Crippen LogP contribution is -2.39. The van der Waals surface area contributed by atoms with E-state index in [0.717, 1.165) is 5.69 Å². The molecule has 0 saturated heterocycles. The molecule has 0 bridgehead atoms. The van der Waals surface area contributed by atoms with Crippen molar-refractivity contribution in [2.75, 3.05) is 6.61 Å². The second-order valence-corrected chi connectivity index (χ2v) is 6.29. The fraction of sp³-hybridized carbons (Fsp3) is 0.300. The van der Waals surface area contributed by atoms with Crippen molar-refractivity contribution in [2.24, 2.45) is 0 Å². The fourth-order valence-electron chi connectivity index (χ4n) is 2.94. The van der Waals surface area contributed by atoms with Crippen molar-refractivity contribution in [2.45, 2.75) is 33.7 Å². The van der Waals surface area contributed by atoms with Gasteiger partial charge < -0.3 is 10.1 Å². The number of amides is 1. The van der Waals surface area contributed by atoms with Crippen LogP contribution in [0.3, 0.4) is 0 Å². The number of para-hydroxylation sites is 1. The number of carbonyl (C=O) groups is 2. The molecule has 0 saturated carbocycles. The zero-order chi connectivity index (χ0) is 19.6. The Morgan fingerprint density at radius 1 is 1.22 bits per heavy atom.